The molecule has 1 aliphatic rings. The molecule has 1 atom stereocenters. The number of benzene rings is 1. The summed E-state index contributed by atoms with van der Waals surface area (Å²) >= 11 is 0. The van der Waals surface area contributed by atoms with E-state index in [2.05, 4.69) is 35.0 Å². The van der Waals surface area contributed by atoms with Gasteiger partial charge in [0.15, 0.2) is 0 Å². The van der Waals surface area contributed by atoms with Crippen LogP contribution in [0.15, 0.2) is 43.0 Å². The molecule has 0 bridgehead atoms. The Morgan fingerprint density at radius 1 is 1.39 bits per heavy atom. The average Bonchev–Trinajstić information content (AvgIpc) is 3.24. The van der Waals surface area contributed by atoms with Gasteiger partial charge in [0.1, 0.15) is 12.3 Å². The Bertz CT molecular complexity index is 732. The van der Waals surface area contributed by atoms with Gasteiger partial charge in [-0.3, -0.25) is 4.79 Å². The van der Waals surface area contributed by atoms with Crippen LogP contribution in [0.5, 0.6) is 5.75 Å². The molecule has 28 heavy (non-hydrogen) atoms. The highest BCUT2D eigenvalue weighted by atomic mass is 16.5. The molecule has 1 saturated heterocycles. The van der Waals surface area contributed by atoms with Gasteiger partial charge in [-0.05, 0) is 56.3 Å². The maximum absolute atomic E-state index is 12.6. The normalized spacial score (nSPS) is 17.4. The van der Waals surface area contributed by atoms with E-state index >= 15 is 0 Å². The summed E-state index contributed by atoms with van der Waals surface area (Å²) in [5.74, 6) is 1.64. The van der Waals surface area contributed by atoms with Gasteiger partial charge in [0, 0.05) is 38.6 Å². The van der Waals surface area contributed by atoms with Gasteiger partial charge in [-0.25, -0.2) is 4.98 Å². The second-order valence-electron chi connectivity index (χ2n) is 7.58. The summed E-state index contributed by atoms with van der Waals surface area (Å²) in [5.41, 5.74) is 1.31. The molecule has 2 heterocycles. The number of ether oxygens (including phenoxy) is 1. The molecule has 1 aromatic heterocycles. The number of carbonyl (C=O) groups excluding carboxylic acids is 1. The van der Waals surface area contributed by atoms with Crippen LogP contribution in [0.3, 0.4) is 0 Å². The van der Waals surface area contributed by atoms with E-state index < -0.39 is 0 Å². The largest absolute Gasteiger partial charge is 0.497 e. The number of piperidine rings is 1. The zero-order valence-corrected chi connectivity index (χ0v) is 17.1. The Kier molecular flexibility index (Phi) is 7.48. The number of imidazole rings is 1. The third-order valence-corrected chi connectivity index (χ3v) is 5.54. The van der Waals surface area contributed by atoms with Gasteiger partial charge in [-0.15, -0.1) is 0 Å². The molecule has 0 saturated carbocycles. The number of carbonyl (C=O) groups is 1. The first-order valence-electron chi connectivity index (χ1n) is 10.3. The van der Waals surface area contributed by atoms with Gasteiger partial charge >= 0.3 is 0 Å². The first-order chi connectivity index (χ1) is 13.7. The van der Waals surface area contributed by atoms with Crippen molar-refractivity contribution in [1.82, 2.24) is 19.4 Å². The van der Waals surface area contributed by atoms with E-state index in [1.807, 2.05) is 21.7 Å². The SMILES string of the molecule is CCN(CC1CCCN(CCc2cccc(OC)c2)C1)C(=O)Cn1ccnc1. The van der Waals surface area contributed by atoms with Gasteiger partial charge < -0.3 is 19.1 Å². The fourth-order valence-electron chi connectivity index (χ4n) is 3.97. The fourth-order valence-corrected chi connectivity index (χ4v) is 3.97. The minimum absolute atomic E-state index is 0.175. The highest BCUT2D eigenvalue weighted by Crippen LogP contribution is 2.19. The summed E-state index contributed by atoms with van der Waals surface area (Å²) in [6.07, 6.45) is 8.69. The summed E-state index contributed by atoms with van der Waals surface area (Å²) in [6.45, 7) is 7.32. The van der Waals surface area contributed by atoms with Crippen molar-refractivity contribution in [2.24, 2.45) is 5.92 Å². The van der Waals surface area contributed by atoms with Gasteiger partial charge in [0.2, 0.25) is 5.91 Å². The number of hydrogen-bond donors (Lipinski definition) is 0. The second-order valence-corrected chi connectivity index (χ2v) is 7.58. The molecule has 0 aliphatic carbocycles. The number of hydrogen-bond acceptors (Lipinski definition) is 4. The highest BCUT2D eigenvalue weighted by Gasteiger charge is 2.23. The third kappa shape index (κ3) is 5.83. The van der Waals surface area contributed by atoms with Gasteiger partial charge in [0.25, 0.3) is 0 Å². The van der Waals surface area contributed by atoms with Crippen LogP contribution in [0, 0.1) is 5.92 Å². The first kappa shape index (κ1) is 20.4. The molecule has 152 valence electrons. The zero-order chi connectivity index (χ0) is 19.8. The predicted molar refractivity (Wildman–Crippen MR) is 110 cm³/mol. The summed E-state index contributed by atoms with van der Waals surface area (Å²) in [6, 6.07) is 8.32. The molecule has 3 rings (SSSR count). The van der Waals surface area contributed by atoms with Gasteiger partial charge in [0.05, 0.1) is 13.4 Å². The molecule has 1 fully saturated rings. The average molecular weight is 385 g/mol. The Morgan fingerprint density at radius 3 is 3.04 bits per heavy atom. The Morgan fingerprint density at radius 2 is 2.29 bits per heavy atom. The molecule has 0 radical (unpaired) electrons. The zero-order valence-electron chi connectivity index (χ0n) is 17.1. The first-order valence-corrected chi connectivity index (χ1v) is 10.3. The minimum atomic E-state index is 0.175. The monoisotopic (exact) mass is 384 g/mol. The van der Waals surface area contributed by atoms with Crippen LogP contribution in [-0.4, -0.2) is 65.1 Å². The second kappa shape index (κ2) is 10.3. The van der Waals surface area contributed by atoms with Crippen LogP contribution in [0.1, 0.15) is 25.3 Å². The quantitative estimate of drug-likeness (QED) is 0.667. The van der Waals surface area contributed by atoms with Gasteiger partial charge in [-0.2, -0.15) is 0 Å². The van der Waals surface area contributed by atoms with Crippen LogP contribution >= 0.6 is 0 Å². The van der Waals surface area contributed by atoms with Crippen molar-refractivity contribution < 1.29 is 9.53 Å². The number of amides is 1. The van der Waals surface area contributed by atoms with E-state index in [0.717, 1.165) is 44.9 Å². The molecule has 1 unspecified atom stereocenters. The molecule has 1 amide bonds. The molecule has 2 aromatic rings. The van der Waals surface area contributed by atoms with Crippen molar-refractivity contribution in [1.29, 1.82) is 0 Å². The molecule has 1 aromatic carbocycles. The Labute approximate surface area is 168 Å². The number of rotatable bonds is 9. The van der Waals surface area contributed by atoms with E-state index in [0.29, 0.717) is 12.5 Å². The number of likely N-dealkylation sites (tertiary alicyclic amines) is 1. The maximum atomic E-state index is 12.6. The van der Waals surface area contributed by atoms with Crippen molar-refractivity contribution in [3.8, 4) is 5.75 Å². The summed E-state index contributed by atoms with van der Waals surface area (Å²) < 4.78 is 7.16. The lowest BCUT2D eigenvalue weighted by molar-refractivity contribution is -0.132. The molecule has 0 N–H and O–H groups in total. The van der Waals surface area contributed by atoms with E-state index in [4.69, 9.17) is 4.74 Å². The minimum Gasteiger partial charge on any atom is -0.497 e. The van der Waals surface area contributed by atoms with E-state index in [1.54, 1.807) is 19.6 Å². The molecular formula is C22H32N4O2. The van der Waals surface area contributed by atoms with Crippen LogP contribution in [-0.2, 0) is 17.8 Å². The fraction of sp³-hybridized carbons (Fsp3) is 0.545. The van der Waals surface area contributed by atoms with Crippen molar-refractivity contribution in [3.05, 3.63) is 48.5 Å². The number of likely N-dealkylation sites (N-methyl/N-ethyl adjacent to an activating group) is 1. The lowest BCUT2D eigenvalue weighted by Gasteiger charge is -2.35. The number of methoxy groups -OCH3 is 1. The number of nitrogens with zero attached hydrogens (tertiary/aromatic N) is 4. The van der Waals surface area contributed by atoms with Crippen molar-refractivity contribution in [2.75, 3.05) is 39.8 Å². The summed E-state index contributed by atoms with van der Waals surface area (Å²) in [7, 11) is 1.71. The lowest BCUT2D eigenvalue weighted by atomic mass is 9.96. The summed E-state index contributed by atoms with van der Waals surface area (Å²) in [5, 5.41) is 0. The lowest BCUT2D eigenvalue weighted by Crippen LogP contribution is -2.44. The van der Waals surface area contributed by atoms with Crippen molar-refractivity contribution >= 4 is 5.91 Å². The van der Waals surface area contributed by atoms with Crippen LogP contribution in [0.4, 0.5) is 0 Å². The number of aromatic nitrogens is 2. The third-order valence-electron chi connectivity index (χ3n) is 5.54. The standard InChI is InChI=1S/C22H32N4O2/c1-3-26(22(27)17-25-13-10-23-18-25)16-20-7-5-11-24(15-20)12-9-19-6-4-8-21(14-19)28-2/h4,6,8,10,13-14,18,20H,3,5,7,9,11-12,15-17H2,1-2H3. The molecule has 6 nitrogen and oxygen atoms in total. The molecular weight excluding hydrogens is 352 g/mol. The van der Waals surface area contributed by atoms with E-state index in [-0.39, 0.29) is 5.91 Å². The van der Waals surface area contributed by atoms with Crippen molar-refractivity contribution in [2.45, 2.75) is 32.7 Å². The Balaban J connectivity index is 1.48. The molecule has 1 aliphatic heterocycles. The molecule has 0 spiro atoms. The highest BCUT2D eigenvalue weighted by molar-refractivity contribution is 5.75. The van der Waals surface area contributed by atoms with E-state index in [9.17, 15) is 4.79 Å². The van der Waals surface area contributed by atoms with Crippen molar-refractivity contribution in [3.63, 3.8) is 0 Å². The van der Waals surface area contributed by atoms with E-state index in [1.165, 1.54) is 18.4 Å². The molecule has 6 heteroatoms. The van der Waals surface area contributed by atoms with Crippen LogP contribution in [0.25, 0.3) is 0 Å². The smallest absolute Gasteiger partial charge is 0.242 e. The maximum Gasteiger partial charge on any atom is 0.242 e. The Hall–Kier alpha value is -2.34. The van der Waals surface area contributed by atoms with Gasteiger partial charge in [-0.1, -0.05) is 12.1 Å². The predicted octanol–water partition coefficient (Wildman–Crippen LogP) is 2.69. The summed E-state index contributed by atoms with van der Waals surface area (Å²) in [4.78, 5) is 21.2. The van der Waals surface area contributed by atoms with Crippen LogP contribution in [0.2, 0.25) is 0 Å². The van der Waals surface area contributed by atoms with Crippen LogP contribution < -0.4 is 4.74 Å². The topological polar surface area (TPSA) is 50.6 Å².